The van der Waals surface area contributed by atoms with E-state index in [0.29, 0.717) is 22.2 Å². The summed E-state index contributed by atoms with van der Waals surface area (Å²) in [6.45, 7) is 0. The summed E-state index contributed by atoms with van der Waals surface area (Å²) in [5, 5.41) is 5.32. The Labute approximate surface area is 125 Å². The number of anilines is 1. The maximum Gasteiger partial charge on any atom is 0.230 e. The molecule has 0 aliphatic heterocycles. The predicted octanol–water partition coefficient (Wildman–Crippen LogP) is 2.18. The maximum absolute atomic E-state index is 11.9. The van der Waals surface area contributed by atoms with Gasteiger partial charge >= 0.3 is 0 Å². The normalized spacial score (nSPS) is 10.3. The fraction of sp³-hybridized carbons (Fsp3) is 0.0714. The van der Waals surface area contributed by atoms with Crippen LogP contribution in [0.15, 0.2) is 48.4 Å². The maximum atomic E-state index is 11.9. The highest BCUT2D eigenvalue weighted by molar-refractivity contribution is 7.13. The van der Waals surface area contributed by atoms with Crippen LogP contribution in [0.2, 0.25) is 0 Å². The molecule has 21 heavy (non-hydrogen) atoms. The van der Waals surface area contributed by atoms with E-state index in [9.17, 15) is 4.79 Å². The van der Waals surface area contributed by atoms with Crippen molar-refractivity contribution in [3.63, 3.8) is 0 Å². The van der Waals surface area contributed by atoms with Crippen LogP contribution in [0.1, 0.15) is 5.69 Å². The molecule has 3 heterocycles. The van der Waals surface area contributed by atoms with E-state index in [1.54, 1.807) is 43.0 Å². The molecule has 0 aliphatic carbocycles. The minimum absolute atomic E-state index is 0.131. The summed E-state index contributed by atoms with van der Waals surface area (Å²) in [6, 6.07) is 5.30. The largest absolute Gasteiger partial charge is 0.324 e. The standard InChI is InChI=1S/C14H11N5OS/c20-12(18-10-3-1-4-15-8-10)7-11-9-21-14(19-11)13-16-5-2-6-17-13/h1-6,8-9H,7H2,(H,18,20). The first kappa shape index (κ1) is 13.3. The second-order valence-electron chi connectivity index (χ2n) is 4.18. The lowest BCUT2D eigenvalue weighted by Gasteiger charge is -2.02. The van der Waals surface area contributed by atoms with Crippen LogP contribution in [0.4, 0.5) is 5.69 Å². The molecule has 7 heteroatoms. The zero-order valence-corrected chi connectivity index (χ0v) is 11.7. The van der Waals surface area contributed by atoms with Gasteiger partial charge in [0.15, 0.2) is 10.8 Å². The molecule has 0 saturated carbocycles. The first-order chi connectivity index (χ1) is 10.3. The van der Waals surface area contributed by atoms with Gasteiger partial charge in [0.25, 0.3) is 0 Å². The lowest BCUT2D eigenvalue weighted by molar-refractivity contribution is -0.115. The van der Waals surface area contributed by atoms with E-state index in [2.05, 4.69) is 25.3 Å². The van der Waals surface area contributed by atoms with E-state index in [1.807, 2.05) is 5.38 Å². The van der Waals surface area contributed by atoms with E-state index in [4.69, 9.17) is 0 Å². The van der Waals surface area contributed by atoms with Crippen LogP contribution in [0, 0.1) is 0 Å². The van der Waals surface area contributed by atoms with Crippen molar-refractivity contribution in [2.45, 2.75) is 6.42 Å². The van der Waals surface area contributed by atoms with Crippen molar-refractivity contribution in [3.05, 3.63) is 54.1 Å². The number of amides is 1. The van der Waals surface area contributed by atoms with Gasteiger partial charge in [0.2, 0.25) is 5.91 Å². The molecule has 0 atom stereocenters. The van der Waals surface area contributed by atoms with Crippen molar-refractivity contribution in [2.24, 2.45) is 0 Å². The third-order valence-corrected chi connectivity index (χ3v) is 3.48. The molecule has 1 amide bonds. The molecule has 0 spiro atoms. The second kappa shape index (κ2) is 6.19. The minimum Gasteiger partial charge on any atom is -0.324 e. The van der Waals surface area contributed by atoms with Crippen molar-refractivity contribution in [2.75, 3.05) is 5.32 Å². The molecule has 3 aromatic heterocycles. The number of hydrogen-bond acceptors (Lipinski definition) is 6. The van der Waals surface area contributed by atoms with E-state index < -0.39 is 0 Å². The number of rotatable bonds is 4. The SMILES string of the molecule is O=C(Cc1csc(-c2ncccn2)n1)Nc1cccnc1. The van der Waals surface area contributed by atoms with Gasteiger partial charge < -0.3 is 5.32 Å². The van der Waals surface area contributed by atoms with E-state index in [1.165, 1.54) is 11.3 Å². The molecular weight excluding hydrogens is 286 g/mol. The van der Waals surface area contributed by atoms with Crippen LogP contribution < -0.4 is 5.32 Å². The van der Waals surface area contributed by atoms with Crippen LogP contribution >= 0.6 is 11.3 Å². The van der Waals surface area contributed by atoms with Crippen LogP contribution in [0.3, 0.4) is 0 Å². The number of nitrogens with one attached hydrogen (secondary N) is 1. The minimum atomic E-state index is -0.131. The Balaban J connectivity index is 1.66. The summed E-state index contributed by atoms with van der Waals surface area (Å²) in [4.78, 5) is 28.5. The van der Waals surface area contributed by atoms with Gasteiger partial charge in [-0.15, -0.1) is 11.3 Å². The van der Waals surface area contributed by atoms with Gasteiger partial charge in [0.1, 0.15) is 0 Å². The fourth-order valence-electron chi connectivity index (χ4n) is 1.71. The highest BCUT2D eigenvalue weighted by Crippen LogP contribution is 2.19. The average molecular weight is 297 g/mol. The molecular formula is C14H11N5OS. The first-order valence-corrected chi connectivity index (χ1v) is 7.11. The number of carbonyl (C=O) groups excluding carboxylic acids is 1. The fourth-order valence-corrected chi connectivity index (χ4v) is 2.47. The zero-order valence-electron chi connectivity index (χ0n) is 10.9. The Morgan fingerprint density at radius 1 is 1.19 bits per heavy atom. The molecule has 104 valence electrons. The Hall–Kier alpha value is -2.67. The summed E-state index contributed by atoms with van der Waals surface area (Å²) in [5.41, 5.74) is 1.37. The topological polar surface area (TPSA) is 80.7 Å². The lowest BCUT2D eigenvalue weighted by atomic mass is 10.3. The summed E-state index contributed by atoms with van der Waals surface area (Å²) >= 11 is 1.42. The molecule has 3 aromatic rings. The lowest BCUT2D eigenvalue weighted by Crippen LogP contribution is -2.14. The summed E-state index contributed by atoms with van der Waals surface area (Å²) in [7, 11) is 0. The van der Waals surface area contributed by atoms with Crippen LogP contribution in [-0.4, -0.2) is 25.8 Å². The number of thiazole rings is 1. The van der Waals surface area contributed by atoms with Gasteiger partial charge in [0, 0.05) is 24.0 Å². The monoisotopic (exact) mass is 297 g/mol. The number of pyridine rings is 1. The molecule has 3 rings (SSSR count). The highest BCUT2D eigenvalue weighted by atomic mass is 32.1. The smallest absolute Gasteiger partial charge is 0.230 e. The Kier molecular flexibility index (Phi) is 3.92. The molecule has 0 bridgehead atoms. The molecule has 0 saturated heterocycles. The number of aromatic nitrogens is 4. The van der Waals surface area contributed by atoms with Crippen molar-refractivity contribution in [3.8, 4) is 10.8 Å². The van der Waals surface area contributed by atoms with Gasteiger partial charge in [-0.25, -0.2) is 15.0 Å². The van der Waals surface area contributed by atoms with Gasteiger partial charge in [-0.3, -0.25) is 9.78 Å². The molecule has 0 unspecified atom stereocenters. The van der Waals surface area contributed by atoms with Crippen molar-refractivity contribution < 1.29 is 4.79 Å². The van der Waals surface area contributed by atoms with Crippen LogP contribution in [0.25, 0.3) is 10.8 Å². The van der Waals surface area contributed by atoms with E-state index >= 15 is 0 Å². The quantitative estimate of drug-likeness (QED) is 0.798. The molecule has 0 radical (unpaired) electrons. The zero-order chi connectivity index (χ0) is 14.5. The summed E-state index contributed by atoms with van der Waals surface area (Å²) in [6.07, 6.45) is 6.79. The molecule has 0 aromatic carbocycles. The number of nitrogens with zero attached hydrogens (tertiary/aromatic N) is 4. The van der Waals surface area contributed by atoms with E-state index in [0.717, 1.165) is 0 Å². The van der Waals surface area contributed by atoms with E-state index in [-0.39, 0.29) is 12.3 Å². The highest BCUT2D eigenvalue weighted by Gasteiger charge is 2.10. The van der Waals surface area contributed by atoms with Gasteiger partial charge in [-0.05, 0) is 18.2 Å². The van der Waals surface area contributed by atoms with Crippen LogP contribution in [-0.2, 0) is 11.2 Å². The molecule has 6 nitrogen and oxygen atoms in total. The Bertz CT molecular complexity index is 729. The molecule has 0 fully saturated rings. The average Bonchev–Trinajstić information content (AvgIpc) is 2.97. The van der Waals surface area contributed by atoms with Gasteiger partial charge in [0.05, 0.1) is 24.0 Å². The van der Waals surface area contributed by atoms with Crippen LogP contribution in [0.5, 0.6) is 0 Å². The molecule has 0 aliphatic rings. The first-order valence-electron chi connectivity index (χ1n) is 6.23. The Morgan fingerprint density at radius 3 is 2.81 bits per heavy atom. The van der Waals surface area contributed by atoms with Crippen molar-refractivity contribution >= 4 is 22.9 Å². The van der Waals surface area contributed by atoms with Crippen molar-refractivity contribution in [1.82, 2.24) is 19.9 Å². The summed E-state index contributed by atoms with van der Waals surface area (Å²) < 4.78 is 0. The third kappa shape index (κ3) is 3.46. The second-order valence-corrected chi connectivity index (χ2v) is 5.04. The number of carbonyl (C=O) groups is 1. The number of hydrogen-bond donors (Lipinski definition) is 1. The molecule has 1 N–H and O–H groups in total. The van der Waals surface area contributed by atoms with Crippen molar-refractivity contribution in [1.29, 1.82) is 0 Å². The van der Waals surface area contributed by atoms with Gasteiger partial charge in [-0.1, -0.05) is 0 Å². The predicted molar refractivity (Wildman–Crippen MR) is 79.7 cm³/mol. The summed E-state index contributed by atoms with van der Waals surface area (Å²) in [5.74, 6) is 0.440. The third-order valence-electron chi connectivity index (χ3n) is 2.60. The van der Waals surface area contributed by atoms with Gasteiger partial charge in [-0.2, -0.15) is 0 Å². The Morgan fingerprint density at radius 2 is 2.05 bits per heavy atom.